The molecule has 160 valence electrons. The van der Waals surface area contributed by atoms with E-state index in [2.05, 4.69) is 45.5 Å². The van der Waals surface area contributed by atoms with Crippen LogP contribution in [0.2, 0.25) is 5.02 Å². The number of carbonyl (C=O) groups excluding carboxylic acids is 1. The minimum Gasteiger partial charge on any atom is -0.368 e. The number of halogens is 2. The Morgan fingerprint density at radius 3 is 2.73 bits per heavy atom. The van der Waals surface area contributed by atoms with E-state index < -0.39 is 0 Å². The third-order valence-corrected chi connectivity index (χ3v) is 6.16. The third kappa shape index (κ3) is 5.52. The van der Waals surface area contributed by atoms with E-state index >= 15 is 0 Å². The van der Waals surface area contributed by atoms with Crippen LogP contribution in [0.25, 0.3) is 16.9 Å². The van der Waals surface area contributed by atoms with E-state index in [4.69, 9.17) is 16.6 Å². The summed E-state index contributed by atoms with van der Waals surface area (Å²) < 4.78 is 2.54. The van der Waals surface area contributed by atoms with E-state index in [9.17, 15) is 4.79 Å². The average Bonchev–Trinajstić information content (AvgIpc) is 3.13. The Morgan fingerprint density at radius 2 is 2.00 bits per heavy atom. The summed E-state index contributed by atoms with van der Waals surface area (Å²) in [4.78, 5) is 16.8. The van der Waals surface area contributed by atoms with Gasteiger partial charge in [0.2, 0.25) is 5.91 Å². The largest absolute Gasteiger partial charge is 0.368 e. The number of nitrogens with one attached hydrogen (secondary N) is 2. The lowest BCUT2D eigenvalue weighted by Crippen LogP contribution is -2.29. The normalized spacial score (nSPS) is 11.2. The quantitative estimate of drug-likeness (QED) is 0.364. The number of carbonyl (C=O) groups is 1. The van der Waals surface area contributed by atoms with Gasteiger partial charge >= 0.3 is 0 Å². The zero-order valence-electron chi connectivity index (χ0n) is 17.3. The van der Waals surface area contributed by atoms with Gasteiger partial charge in [0.05, 0.1) is 16.4 Å². The molecule has 6 nitrogen and oxygen atoms in total. The molecule has 0 bridgehead atoms. The highest BCUT2D eigenvalue weighted by atomic mass is 79.9. The smallest absolute Gasteiger partial charge is 0.220 e. The predicted molar refractivity (Wildman–Crippen MR) is 126 cm³/mol. The second-order valence-electron chi connectivity index (χ2n) is 7.23. The zero-order chi connectivity index (χ0) is 21.5. The summed E-state index contributed by atoms with van der Waals surface area (Å²) in [5.41, 5.74) is 2.31. The molecule has 3 rings (SSSR count). The lowest BCUT2D eigenvalue weighted by molar-refractivity contribution is -0.121. The molecule has 2 N–H and O–H groups in total. The molecule has 0 fully saturated rings. The molecule has 0 aliphatic heterocycles. The number of fused-ring (bicyclic) bond motifs is 1. The van der Waals surface area contributed by atoms with Crippen molar-refractivity contribution in [1.82, 2.24) is 19.9 Å². The molecular formula is C22H27BrClN5O. The van der Waals surface area contributed by atoms with E-state index in [-0.39, 0.29) is 5.91 Å². The molecule has 2 aromatic heterocycles. The Kier molecular flexibility index (Phi) is 8.10. The van der Waals surface area contributed by atoms with Crippen LogP contribution >= 0.6 is 27.5 Å². The standard InChI is InChI=1S/C22H27BrClN5O/c1-3-15(4-2)9-10-21(30)26-12-11-25-20-13-19(16-7-5-6-8-18(16)24)28-22-17(23)14-27-29(20)22/h5-8,13-15,25H,3-4,9-12H2,1-2H3,(H,26,30). The number of amides is 1. The van der Waals surface area contributed by atoms with Crippen molar-refractivity contribution >= 4 is 44.9 Å². The molecule has 0 unspecified atom stereocenters. The van der Waals surface area contributed by atoms with Gasteiger partial charge in [0.25, 0.3) is 0 Å². The molecule has 0 saturated heterocycles. The number of rotatable bonds is 10. The van der Waals surface area contributed by atoms with E-state index in [1.165, 1.54) is 0 Å². The second kappa shape index (κ2) is 10.8. The molecule has 0 atom stereocenters. The van der Waals surface area contributed by atoms with Gasteiger partial charge in [-0.1, -0.05) is 56.5 Å². The molecule has 1 aromatic carbocycles. The summed E-state index contributed by atoms with van der Waals surface area (Å²) in [5, 5.41) is 11.4. The Hall–Kier alpha value is -2.12. The van der Waals surface area contributed by atoms with Gasteiger partial charge < -0.3 is 10.6 Å². The van der Waals surface area contributed by atoms with Crippen LogP contribution in [0.1, 0.15) is 39.5 Å². The van der Waals surface area contributed by atoms with Crippen molar-refractivity contribution in [3.8, 4) is 11.3 Å². The summed E-state index contributed by atoms with van der Waals surface area (Å²) in [7, 11) is 0. The number of hydrogen-bond acceptors (Lipinski definition) is 4. The van der Waals surface area contributed by atoms with Crippen molar-refractivity contribution in [3.63, 3.8) is 0 Å². The molecule has 0 aliphatic rings. The van der Waals surface area contributed by atoms with Gasteiger partial charge in [-0.15, -0.1) is 0 Å². The molecular weight excluding hydrogens is 466 g/mol. The summed E-state index contributed by atoms with van der Waals surface area (Å²) in [6, 6.07) is 9.53. The van der Waals surface area contributed by atoms with Crippen molar-refractivity contribution in [2.45, 2.75) is 39.5 Å². The molecule has 0 saturated carbocycles. The Labute approximate surface area is 190 Å². The molecule has 3 aromatic rings. The highest BCUT2D eigenvalue weighted by molar-refractivity contribution is 9.10. The van der Waals surface area contributed by atoms with Crippen molar-refractivity contribution in [1.29, 1.82) is 0 Å². The van der Waals surface area contributed by atoms with Crippen LogP contribution < -0.4 is 10.6 Å². The van der Waals surface area contributed by atoms with Gasteiger partial charge in [-0.05, 0) is 34.3 Å². The Bertz CT molecular complexity index is 1000. The SMILES string of the molecule is CCC(CC)CCC(=O)NCCNc1cc(-c2ccccc2Cl)nc2c(Br)cnn12. The van der Waals surface area contributed by atoms with Gasteiger partial charge in [0.15, 0.2) is 5.65 Å². The first-order chi connectivity index (χ1) is 14.5. The summed E-state index contributed by atoms with van der Waals surface area (Å²) in [6.45, 7) is 5.47. The average molecular weight is 493 g/mol. The summed E-state index contributed by atoms with van der Waals surface area (Å²) in [6.07, 6.45) is 5.48. The number of anilines is 1. The summed E-state index contributed by atoms with van der Waals surface area (Å²) in [5.74, 6) is 1.51. The van der Waals surface area contributed by atoms with Crippen LogP contribution in [-0.2, 0) is 4.79 Å². The van der Waals surface area contributed by atoms with Crippen LogP contribution in [0.4, 0.5) is 5.82 Å². The molecule has 0 radical (unpaired) electrons. The first-order valence-corrected chi connectivity index (χ1v) is 11.5. The monoisotopic (exact) mass is 491 g/mol. The van der Waals surface area contributed by atoms with E-state index in [1.807, 2.05) is 30.3 Å². The van der Waals surface area contributed by atoms with Gasteiger partial charge in [-0.25, -0.2) is 4.98 Å². The van der Waals surface area contributed by atoms with Crippen LogP contribution in [0.3, 0.4) is 0 Å². The lowest BCUT2D eigenvalue weighted by atomic mass is 9.97. The molecule has 8 heteroatoms. The highest BCUT2D eigenvalue weighted by Crippen LogP contribution is 2.30. The van der Waals surface area contributed by atoms with Gasteiger partial charge in [0, 0.05) is 36.2 Å². The number of benzene rings is 1. The van der Waals surface area contributed by atoms with E-state index in [0.29, 0.717) is 36.1 Å². The minimum absolute atomic E-state index is 0.0992. The predicted octanol–water partition coefficient (Wildman–Crippen LogP) is 5.56. The number of aromatic nitrogens is 3. The van der Waals surface area contributed by atoms with Crippen molar-refractivity contribution in [3.05, 3.63) is 46.0 Å². The van der Waals surface area contributed by atoms with E-state index in [1.54, 1.807) is 10.7 Å². The molecule has 2 heterocycles. The maximum absolute atomic E-state index is 12.1. The Balaban J connectivity index is 1.66. The topological polar surface area (TPSA) is 71.3 Å². The second-order valence-corrected chi connectivity index (χ2v) is 8.49. The summed E-state index contributed by atoms with van der Waals surface area (Å²) >= 11 is 9.87. The van der Waals surface area contributed by atoms with Gasteiger partial charge in [-0.3, -0.25) is 4.79 Å². The number of hydrogen-bond donors (Lipinski definition) is 2. The molecule has 1 amide bonds. The van der Waals surface area contributed by atoms with Crippen molar-refractivity contribution in [2.24, 2.45) is 5.92 Å². The fourth-order valence-electron chi connectivity index (χ4n) is 3.38. The van der Waals surface area contributed by atoms with E-state index in [0.717, 1.165) is 40.8 Å². The maximum atomic E-state index is 12.1. The van der Waals surface area contributed by atoms with Crippen molar-refractivity contribution < 1.29 is 4.79 Å². The fourth-order valence-corrected chi connectivity index (χ4v) is 3.96. The molecule has 0 spiro atoms. The van der Waals surface area contributed by atoms with Crippen LogP contribution in [-0.4, -0.2) is 33.6 Å². The first kappa shape index (κ1) is 22.6. The van der Waals surface area contributed by atoms with Gasteiger partial charge in [0.1, 0.15) is 5.82 Å². The lowest BCUT2D eigenvalue weighted by Gasteiger charge is -2.13. The highest BCUT2D eigenvalue weighted by Gasteiger charge is 2.13. The van der Waals surface area contributed by atoms with Gasteiger partial charge in [-0.2, -0.15) is 9.61 Å². The fraction of sp³-hybridized carbons (Fsp3) is 0.409. The van der Waals surface area contributed by atoms with Crippen LogP contribution in [0, 0.1) is 5.92 Å². The molecule has 30 heavy (non-hydrogen) atoms. The maximum Gasteiger partial charge on any atom is 0.220 e. The zero-order valence-corrected chi connectivity index (χ0v) is 19.6. The van der Waals surface area contributed by atoms with Crippen molar-refractivity contribution in [2.75, 3.05) is 18.4 Å². The third-order valence-electron chi connectivity index (χ3n) is 5.27. The van der Waals surface area contributed by atoms with Crippen LogP contribution in [0.5, 0.6) is 0 Å². The first-order valence-electron chi connectivity index (χ1n) is 10.3. The minimum atomic E-state index is 0.0992. The Morgan fingerprint density at radius 1 is 1.23 bits per heavy atom. The molecule has 0 aliphatic carbocycles. The number of nitrogens with zero attached hydrogens (tertiary/aromatic N) is 3. The van der Waals surface area contributed by atoms with Crippen LogP contribution in [0.15, 0.2) is 41.0 Å².